The number of anilines is 2. The molecule has 0 bridgehead atoms. The second kappa shape index (κ2) is 8.74. The largest absolute Gasteiger partial charge is 0.366 e. The van der Waals surface area contributed by atoms with E-state index in [2.05, 4.69) is 80.1 Å². The highest BCUT2D eigenvalue weighted by molar-refractivity contribution is 6.04. The number of hydrogen-bond acceptors (Lipinski definition) is 6. The van der Waals surface area contributed by atoms with Gasteiger partial charge in [-0.15, -0.1) is 10.2 Å². The van der Waals surface area contributed by atoms with Crippen LogP contribution in [0.15, 0.2) is 48.5 Å². The van der Waals surface area contributed by atoms with E-state index in [0.29, 0.717) is 12.0 Å². The summed E-state index contributed by atoms with van der Waals surface area (Å²) in [4.78, 5) is 9.81. The van der Waals surface area contributed by atoms with E-state index in [4.69, 9.17) is 4.98 Å². The molecule has 3 heterocycles. The number of piperazine rings is 1. The van der Waals surface area contributed by atoms with Gasteiger partial charge in [-0.05, 0) is 50.6 Å². The minimum Gasteiger partial charge on any atom is -0.366 e. The molecule has 0 aliphatic carbocycles. The summed E-state index contributed by atoms with van der Waals surface area (Å²) in [5.41, 5.74) is 5.51. The van der Waals surface area contributed by atoms with Crippen LogP contribution in [0.1, 0.15) is 18.9 Å². The predicted molar refractivity (Wildman–Crippen MR) is 131 cm³/mol. The zero-order valence-corrected chi connectivity index (χ0v) is 19.1. The first-order chi connectivity index (χ1) is 15.6. The van der Waals surface area contributed by atoms with E-state index in [-0.39, 0.29) is 0 Å². The first-order valence-electron chi connectivity index (χ1n) is 11.5. The number of nitrogens with one attached hydrogen (secondary N) is 1. The molecular weight excluding hydrogens is 398 g/mol. The van der Waals surface area contributed by atoms with E-state index in [0.717, 1.165) is 61.2 Å². The highest BCUT2D eigenvalue weighted by Gasteiger charge is 2.23. The molecule has 0 amide bonds. The molecule has 7 nitrogen and oxygen atoms in total. The van der Waals surface area contributed by atoms with Gasteiger partial charge < -0.3 is 14.8 Å². The molecular formula is C25H31N7. The van der Waals surface area contributed by atoms with Gasteiger partial charge >= 0.3 is 0 Å². The number of aromatic nitrogens is 4. The van der Waals surface area contributed by atoms with Crippen molar-refractivity contribution in [2.75, 3.05) is 42.9 Å². The zero-order chi connectivity index (χ0) is 22.1. The molecule has 5 rings (SSSR count). The summed E-state index contributed by atoms with van der Waals surface area (Å²) in [5.74, 6) is 0.598. The van der Waals surface area contributed by atoms with Crippen molar-refractivity contribution < 1.29 is 0 Å². The highest BCUT2D eigenvalue weighted by Crippen LogP contribution is 2.25. The van der Waals surface area contributed by atoms with Gasteiger partial charge in [-0.1, -0.05) is 30.3 Å². The molecule has 1 N–H and O–H groups in total. The Kier molecular flexibility index (Phi) is 5.66. The summed E-state index contributed by atoms with van der Waals surface area (Å²) in [5, 5.41) is 13.2. The van der Waals surface area contributed by atoms with Gasteiger partial charge in [-0.3, -0.25) is 4.90 Å². The van der Waals surface area contributed by atoms with E-state index >= 15 is 0 Å². The SMILES string of the molecule is Cc1cccc(N2CCN(CCCNc3nnc4c5ccccc5n(C)c4n3)C[C@H]2C)c1. The van der Waals surface area contributed by atoms with Crippen molar-refractivity contribution in [3.63, 3.8) is 0 Å². The van der Waals surface area contributed by atoms with Crippen LogP contribution in [0.4, 0.5) is 11.6 Å². The van der Waals surface area contributed by atoms with Gasteiger partial charge in [0.1, 0.15) is 5.52 Å². The Labute approximate surface area is 189 Å². The van der Waals surface area contributed by atoms with Gasteiger partial charge in [0.2, 0.25) is 5.95 Å². The molecule has 1 saturated heterocycles. The number of para-hydroxylation sites is 1. The van der Waals surface area contributed by atoms with Crippen LogP contribution in [0.5, 0.6) is 0 Å². The Morgan fingerprint density at radius 3 is 2.78 bits per heavy atom. The number of fused-ring (bicyclic) bond motifs is 3. The van der Waals surface area contributed by atoms with Crippen LogP contribution < -0.4 is 10.2 Å². The van der Waals surface area contributed by atoms with Gasteiger partial charge in [0.15, 0.2) is 5.65 Å². The number of hydrogen-bond donors (Lipinski definition) is 1. The molecule has 0 unspecified atom stereocenters. The molecule has 7 heteroatoms. The Balaban J connectivity index is 1.14. The van der Waals surface area contributed by atoms with Crippen molar-refractivity contribution in [3.05, 3.63) is 54.1 Å². The molecule has 166 valence electrons. The molecule has 1 aliphatic rings. The fourth-order valence-electron chi connectivity index (χ4n) is 4.81. The van der Waals surface area contributed by atoms with E-state index < -0.39 is 0 Å². The number of rotatable bonds is 6. The normalized spacial score (nSPS) is 17.3. The van der Waals surface area contributed by atoms with Crippen LogP contribution in [-0.4, -0.2) is 63.4 Å². The van der Waals surface area contributed by atoms with E-state index in [9.17, 15) is 0 Å². The fraction of sp³-hybridized carbons (Fsp3) is 0.400. The summed E-state index contributed by atoms with van der Waals surface area (Å²) in [6.07, 6.45) is 1.05. The van der Waals surface area contributed by atoms with Crippen LogP contribution in [-0.2, 0) is 7.05 Å². The minimum atomic E-state index is 0.514. The van der Waals surface area contributed by atoms with Crippen molar-refractivity contribution in [2.45, 2.75) is 26.3 Å². The first kappa shape index (κ1) is 20.7. The van der Waals surface area contributed by atoms with Gasteiger partial charge in [-0.2, -0.15) is 4.98 Å². The average molecular weight is 430 g/mol. The monoisotopic (exact) mass is 429 g/mol. The Morgan fingerprint density at radius 1 is 1.06 bits per heavy atom. The predicted octanol–water partition coefficient (Wildman–Crippen LogP) is 3.84. The lowest BCUT2D eigenvalue weighted by Gasteiger charge is -2.41. The maximum absolute atomic E-state index is 4.72. The van der Waals surface area contributed by atoms with Gasteiger partial charge in [0.25, 0.3) is 0 Å². The topological polar surface area (TPSA) is 62.1 Å². The third-order valence-corrected chi connectivity index (χ3v) is 6.49. The van der Waals surface area contributed by atoms with Gasteiger partial charge in [0, 0.05) is 50.3 Å². The summed E-state index contributed by atoms with van der Waals surface area (Å²) >= 11 is 0. The van der Waals surface area contributed by atoms with Crippen molar-refractivity contribution >= 4 is 33.7 Å². The first-order valence-corrected chi connectivity index (χ1v) is 11.5. The average Bonchev–Trinajstić information content (AvgIpc) is 3.09. The number of benzene rings is 2. The Bertz CT molecular complexity index is 1230. The minimum absolute atomic E-state index is 0.514. The maximum Gasteiger partial charge on any atom is 0.244 e. The van der Waals surface area contributed by atoms with Crippen LogP contribution >= 0.6 is 0 Å². The van der Waals surface area contributed by atoms with Crippen LogP contribution in [0.2, 0.25) is 0 Å². The van der Waals surface area contributed by atoms with Crippen LogP contribution in [0, 0.1) is 6.92 Å². The molecule has 32 heavy (non-hydrogen) atoms. The lowest BCUT2D eigenvalue weighted by molar-refractivity contribution is 0.228. The molecule has 0 spiro atoms. The summed E-state index contributed by atoms with van der Waals surface area (Å²) in [6.45, 7) is 9.65. The summed E-state index contributed by atoms with van der Waals surface area (Å²) in [6, 6.07) is 17.6. The zero-order valence-electron chi connectivity index (χ0n) is 19.1. The van der Waals surface area contributed by atoms with Gasteiger partial charge in [-0.25, -0.2) is 0 Å². The smallest absolute Gasteiger partial charge is 0.244 e. The standard InChI is InChI=1S/C25H31N7/c1-18-8-6-9-20(16-18)32-15-14-31(17-19(32)2)13-7-12-26-25-27-24-23(28-29-25)21-10-4-5-11-22(21)30(24)3/h4-6,8-11,16,19H,7,12-15,17H2,1-3H3,(H,26,27,29)/t19-/m1/s1. The number of nitrogens with zero attached hydrogens (tertiary/aromatic N) is 6. The molecule has 1 fully saturated rings. The van der Waals surface area contributed by atoms with E-state index in [1.165, 1.54) is 11.3 Å². The molecule has 1 atom stereocenters. The van der Waals surface area contributed by atoms with Crippen molar-refractivity contribution in [2.24, 2.45) is 7.05 Å². The highest BCUT2D eigenvalue weighted by atomic mass is 15.3. The Hall–Kier alpha value is -3.19. The molecule has 2 aromatic carbocycles. The van der Waals surface area contributed by atoms with Crippen LogP contribution in [0.3, 0.4) is 0 Å². The van der Waals surface area contributed by atoms with Crippen molar-refractivity contribution in [3.8, 4) is 0 Å². The Morgan fingerprint density at radius 2 is 1.94 bits per heavy atom. The third kappa shape index (κ3) is 4.00. The van der Waals surface area contributed by atoms with Crippen molar-refractivity contribution in [1.82, 2.24) is 24.6 Å². The lowest BCUT2D eigenvalue weighted by Crippen LogP contribution is -2.52. The second-order valence-electron chi connectivity index (χ2n) is 8.85. The summed E-state index contributed by atoms with van der Waals surface area (Å²) in [7, 11) is 2.03. The van der Waals surface area contributed by atoms with E-state index in [1.807, 2.05) is 19.2 Å². The second-order valence-corrected chi connectivity index (χ2v) is 8.85. The number of aryl methyl sites for hydroxylation is 2. The van der Waals surface area contributed by atoms with E-state index in [1.54, 1.807) is 0 Å². The molecule has 1 aliphatic heterocycles. The lowest BCUT2D eigenvalue weighted by atomic mass is 10.1. The van der Waals surface area contributed by atoms with Crippen LogP contribution in [0.25, 0.3) is 22.1 Å². The fourth-order valence-corrected chi connectivity index (χ4v) is 4.81. The molecule has 0 radical (unpaired) electrons. The van der Waals surface area contributed by atoms with Gasteiger partial charge in [0.05, 0.1) is 5.52 Å². The van der Waals surface area contributed by atoms with Crippen molar-refractivity contribution in [1.29, 1.82) is 0 Å². The molecule has 2 aromatic heterocycles. The molecule has 0 saturated carbocycles. The molecule has 4 aromatic rings. The quantitative estimate of drug-likeness (QED) is 0.470. The third-order valence-electron chi connectivity index (χ3n) is 6.49. The maximum atomic E-state index is 4.72. The summed E-state index contributed by atoms with van der Waals surface area (Å²) < 4.78 is 2.08.